The van der Waals surface area contributed by atoms with Crippen molar-refractivity contribution in [3.8, 4) is 0 Å². The normalized spacial score (nSPS) is 44.1. The zero-order chi connectivity index (χ0) is 17.9. The third-order valence-corrected chi connectivity index (χ3v) is 8.00. The van der Waals surface area contributed by atoms with E-state index >= 15 is 0 Å². The van der Waals surface area contributed by atoms with Crippen LogP contribution in [0.1, 0.15) is 86.0 Å². The zero-order valence-corrected chi connectivity index (χ0v) is 16.7. The highest BCUT2D eigenvalue weighted by Crippen LogP contribution is 2.63. The molecule has 0 radical (unpaired) electrons. The largest absolute Gasteiger partial charge is 0.396 e. The fourth-order valence-corrected chi connectivity index (χ4v) is 7.01. The number of ketones is 1. The molecule has 0 aliphatic heterocycles. The van der Waals surface area contributed by atoms with E-state index in [-0.39, 0.29) is 5.41 Å². The standard InChI is InChI=1S/C20H34O2.C2H6/c1-4-14-5-6-17-16(15(14)10-12-21)9-11-20(3)18(13(2)22)7-8-19(17)20;1-2/h14-19,21H,4-12H2,1-3H3;1-2H3. The van der Waals surface area contributed by atoms with Gasteiger partial charge in [0.2, 0.25) is 0 Å². The van der Waals surface area contributed by atoms with Gasteiger partial charge in [0.1, 0.15) is 5.78 Å². The molecule has 0 bridgehead atoms. The molecule has 0 saturated heterocycles. The molecule has 7 unspecified atom stereocenters. The van der Waals surface area contributed by atoms with Crippen LogP contribution in [0.25, 0.3) is 0 Å². The van der Waals surface area contributed by atoms with Gasteiger partial charge in [-0.3, -0.25) is 4.79 Å². The van der Waals surface area contributed by atoms with Crippen molar-refractivity contribution in [2.24, 2.45) is 40.9 Å². The van der Waals surface area contributed by atoms with E-state index in [0.29, 0.717) is 18.3 Å². The van der Waals surface area contributed by atoms with Gasteiger partial charge in [-0.15, -0.1) is 0 Å². The summed E-state index contributed by atoms with van der Waals surface area (Å²) in [7, 11) is 0. The molecule has 2 heteroatoms. The second-order valence-electron chi connectivity index (χ2n) is 8.64. The van der Waals surface area contributed by atoms with Crippen LogP contribution >= 0.6 is 0 Å². The molecule has 3 saturated carbocycles. The van der Waals surface area contributed by atoms with Crippen molar-refractivity contribution in [3.05, 3.63) is 0 Å². The summed E-state index contributed by atoms with van der Waals surface area (Å²) in [5.74, 6) is 4.70. The summed E-state index contributed by atoms with van der Waals surface area (Å²) in [6.45, 7) is 10.9. The predicted molar refractivity (Wildman–Crippen MR) is 101 cm³/mol. The molecule has 3 aliphatic rings. The van der Waals surface area contributed by atoms with Gasteiger partial charge >= 0.3 is 0 Å². The van der Waals surface area contributed by atoms with E-state index in [0.717, 1.165) is 42.4 Å². The van der Waals surface area contributed by atoms with Crippen LogP contribution in [-0.2, 0) is 4.79 Å². The molecule has 3 fully saturated rings. The topological polar surface area (TPSA) is 37.3 Å². The molecule has 140 valence electrons. The number of carbonyl (C=O) groups excluding carboxylic acids is 1. The molecule has 0 aromatic heterocycles. The molecule has 0 heterocycles. The molecule has 0 aromatic carbocycles. The molecule has 7 atom stereocenters. The van der Waals surface area contributed by atoms with E-state index in [4.69, 9.17) is 0 Å². The number of hydrogen-bond acceptors (Lipinski definition) is 2. The quantitative estimate of drug-likeness (QED) is 0.738. The highest BCUT2D eigenvalue weighted by Gasteiger charge is 2.57. The first kappa shape index (κ1) is 19.9. The number of aliphatic hydroxyl groups excluding tert-OH is 1. The van der Waals surface area contributed by atoms with Crippen molar-refractivity contribution in [3.63, 3.8) is 0 Å². The summed E-state index contributed by atoms with van der Waals surface area (Å²) < 4.78 is 0. The number of fused-ring (bicyclic) bond motifs is 3. The van der Waals surface area contributed by atoms with E-state index < -0.39 is 0 Å². The minimum Gasteiger partial charge on any atom is -0.396 e. The van der Waals surface area contributed by atoms with Crippen LogP contribution in [0.2, 0.25) is 0 Å². The maximum atomic E-state index is 12.1. The van der Waals surface area contributed by atoms with Crippen LogP contribution in [0.4, 0.5) is 0 Å². The lowest BCUT2D eigenvalue weighted by molar-refractivity contribution is -0.127. The maximum Gasteiger partial charge on any atom is 0.133 e. The summed E-state index contributed by atoms with van der Waals surface area (Å²) in [5, 5.41) is 9.53. The Morgan fingerprint density at radius 2 is 1.79 bits per heavy atom. The van der Waals surface area contributed by atoms with Gasteiger partial charge in [-0.1, -0.05) is 34.1 Å². The minimum atomic E-state index is 0.274. The van der Waals surface area contributed by atoms with Crippen molar-refractivity contribution in [2.45, 2.75) is 86.0 Å². The third kappa shape index (κ3) is 3.32. The van der Waals surface area contributed by atoms with Crippen LogP contribution in [0.5, 0.6) is 0 Å². The van der Waals surface area contributed by atoms with Crippen molar-refractivity contribution < 1.29 is 9.90 Å². The molecule has 0 spiro atoms. The van der Waals surface area contributed by atoms with Gasteiger partial charge in [-0.2, -0.15) is 0 Å². The molecule has 2 nitrogen and oxygen atoms in total. The van der Waals surface area contributed by atoms with Gasteiger partial charge in [0.15, 0.2) is 0 Å². The fraction of sp³-hybridized carbons (Fsp3) is 0.955. The second-order valence-corrected chi connectivity index (χ2v) is 8.64. The smallest absolute Gasteiger partial charge is 0.133 e. The summed E-state index contributed by atoms with van der Waals surface area (Å²) in [6, 6.07) is 0. The highest BCUT2D eigenvalue weighted by atomic mass is 16.3. The van der Waals surface area contributed by atoms with Crippen molar-refractivity contribution in [2.75, 3.05) is 6.61 Å². The van der Waals surface area contributed by atoms with Crippen molar-refractivity contribution in [1.82, 2.24) is 0 Å². The number of hydrogen-bond donors (Lipinski definition) is 1. The summed E-state index contributed by atoms with van der Waals surface area (Å²) >= 11 is 0. The Hall–Kier alpha value is -0.370. The Morgan fingerprint density at radius 3 is 2.38 bits per heavy atom. The lowest BCUT2D eigenvalue weighted by Crippen LogP contribution is -2.48. The van der Waals surface area contributed by atoms with Crippen molar-refractivity contribution in [1.29, 1.82) is 0 Å². The summed E-state index contributed by atoms with van der Waals surface area (Å²) in [5.41, 5.74) is 0.274. The molecule has 0 aromatic rings. The first-order valence-electron chi connectivity index (χ1n) is 10.6. The summed E-state index contributed by atoms with van der Waals surface area (Å²) in [4.78, 5) is 12.1. The zero-order valence-electron chi connectivity index (χ0n) is 16.7. The van der Waals surface area contributed by atoms with Crippen LogP contribution in [0.3, 0.4) is 0 Å². The average molecular weight is 337 g/mol. The molecule has 3 rings (SSSR count). The van der Waals surface area contributed by atoms with E-state index in [1.165, 1.54) is 38.5 Å². The van der Waals surface area contributed by atoms with E-state index in [1.807, 2.05) is 20.8 Å². The van der Waals surface area contributed by atoms with Gasteiger partial charge in [-0.05, 0) is 86.9 Å². The molecular formula is C22H40O2. The number of aliphatic hydroxyl groups is 1. The first-order valence-corrected chi connectivity index (χ1v) is 10.6. The average Bonchev–Trinajstić information content (AvgIpc) is 2.94. The van der Waals surface area contributed by atoms with Gasteiger partial charge in [0, 0.05) is 12.5 Å². The van der Waals surface area contributed by atoms with Crippen LogP contribution in [-0.4, -0.2) is 17.5 Å². The predicted octanol–water partition coefficient (Wildman–Crippen LogP) is 5.48. The van der Waals surface area contributed by atoms with Crippen molar-refractivity contribution >= 4 is 5.78 Å². The Labute approximate surface area is 149 Å². The molecule has 0 amide bonds. The molecule has 1 N–H and O–H groups in total. The van der Waals surface area contributed by atoms with Crippen LogP contribution < -0.4 is 0 Å². The molecule has 24 heavy (non-hydrogen) atoms. The van der Waals surface area contributed by atoms with Gasteiger partial charge < -0.3 is 5.11 Å². The molecular weight excluding hydrogens is 296 g/mol. The van der Waals surface area contributed by atoms with E-state index in [2.05, 4.69) is 13.8 Å². The Kier molecular flexibility index (Phi) is 6.93. The summed E-state index contributed by atoms with van der Waals surface area (Å²) in [6.07, 6.45) is 9.91. The van der Waals surface area contributed by atoms with Gasteiger partial charge in [-0.25, -0.2) is 0 Å². The van der Waals surface area contributed by atoms with E-state index in [1.54, 1.807) is 0 Å². The lowest BCUT2D eigenvalue weighted by Gasteiger charge is -2.54. The van der Waals surface area contributed by atoms with Crippen LogP contribution in [0.15, 0.2) is 0 Å². The number of Topliss-reactive ketones (excluding diaryl/α,β-unsaturated/α-hetero) is 1. The lowest BCUT2D eigenvalue weighted by atomic mass is 9.50. The van der Waals surface area contributed by atoms with E-state index in [9.17, 15) is 9.90 Å². The van der Waals surface area contributed by atoms with Gasteiger partial charge in [0.25, 0.3) is 0 Å². The SMILES string of the molecule is CC.CCC1CCC2C(CCC3(C)C(C(C)=O)CCC23)C1CCO. The monoisotopic (exact) mass is 336 g/mol. The Bertz CT molecular complexity index is 418. The Balaban J connectivity index is 0.00000100. The fourth-order valence-electron chi connectivity index (χ4n) is 7.01. The minimum absolute atomic E-state index is 0.274. The third-order valence-electron chi connectivity index (χ3n) is 8.00. The highest BCUT2D eigenvalue weighted by molar-refractivity contribution is 5.79. The molecule has 3 aliphatic carbocycles. The van der Waals surface area contributed by atoms with Crippen LogP contribution in [0, 0.1) is 40.9 Å². The van der Waals surface area contributed by atoms with Gasteiger partial charge in [0.05, 0.1) is 0 Å². The second kappa shape index (κ2) is 8.34. The maximum absolute atomic E-state index is 12.1. The number of rotatable bonds is 4. The Morgan fingerprint density at radius 1 is 1.08 bits per heavy atom. The number of carbonyl (C=O) groups is 1. The first-order chi connectivity index (χ1) is 11.5.